The zero-order valence-electron chi connectivity index (χ0n) is 20.0. The summed E-state index contributed by atoms with van der Waals surface area (Å²) in [6.45, 7) is 4.43. The van der Waals surface area contributed by atoms with E-state index in [-0.39, 0.29) is 5.91 Å². The Hall–Kier alpha value is -3.84. The largest absolute Gasteiger partial charge is 0.497 e. The third-order valence-electron chi connectivity index (χ3n) is 6.56. The van der Waals surface area contributed by atoms with Crippen LogP contribution in [0.4, 0.5) is 0 Å². The Bertz CT molecular complexity index is 1340. The Morgan fingerprint density at radius 1 is 1.00 bits per heavy atom. The molecule has 1 saturated heterocycles. The molecular weight excluding hydrogens is 438 g/mol. The van der Waals surface area contributed by atoms with Gasteiger partial charge in [0.1, 0.15) is 5.75 Å². The first-order chi connectivity index (χ1) is 17.1. The highest BCUT2D eigenvalue weighted by Gasteiger charge is 2.47. The second kappa shape index (κ2) is 9.80. The first-order valence-corrected chi connectivity index (χ1v) is 11.9. The first-order valence-electron chi connectivity index (χ1n) is 11.9. The van der Waals surface area contributed by atoms with Gasteiger partial charge in [0, 0.05) is 35.1 Å². The first kappa shape index (κ1) is 22.9. The van der Waals surface area contributed by atoms with Crippen molar-refractivity contribution in [1.82, 2.24) is 25.6 Å². The normalized spacial score (nSPS) is 15.4. The molecule has 7 heteroatoms. The Labute approximate surface area is 205 Å². The molecule has 2 fully saturated rings. The molecule has 3 heterocycles. The van der Waals surface area contributed by atoms with E-state index in [1.807, 2.05) is 31.2 Å². The fourth-order valence-electron chi connectivity index (χ4n) is 4.18. The summed E-state index contributed by atoms with van der Waals surface area (Å²) in [5.41, 5.74) is 3.90. The number of aromatic nitrogens is 3. The zero-order valence-corrected chi connectivity index (χ0v) is 20.0. The maximum absolute atomic E-state index is 13.2. The fourth-order valence-corrected chi connectivity index (χ4v) is 4.18. The van der Waals surface area contributed by atoms with Gasteiger partial charge in [-0.2, -0.15) is 0 Å². The van der Waals surface area contributed by atoms with Crippen LogP contribution in [0, 0.1) is 6.92 Å². The van der Waals surface area contributed by atoms with Crippen LogP contribution >= 0.6 is 0 Å². The molecule has 1 amide bonds. The van der Waals surface area contributed by atoms with Gasteiger partial charge in [-0.25, -0.2) is 9.97 Å². The van der Waals surface area contributed by atoms with E-state index >= 15 is 0 Å². The highest BCUT2D eigenvalue weighted by atomic mass is 16.5. The minimum absolute atomic E-state index is 0.104. The summed E-state index contributed by atoms with van der Waals surface area (Å²) in [4.78, 5) is 26.6. The van der Waals surface area contributed by atoms with E-state index in [1.165, 1.54) is 19.5 Å². The third kappa shape index (κ3) is 4.86. The maximum atomic E-state index is 13.2. The van der Waals surface area contributed by atoms with E-state index in [0.717, 1.165) is 40.4 Å². The van der Waals surface area contributed by atoms with Crippen LogP contribution in [0.5, 0.6) is 5.75 Å². The molecule has 4 aromatic rings. The molecule has 2 aliphatic rings. The zero-order chi connectivity index (χ0) is 24.3. The number of methoxy groups -OCH3 is 1. The predicted molar refractivity (Wildman–Crippen MR) is 136 cm³/mol. The summed E-state index contributed by atoms with van der Waals surface area (Å²) in [6.07, 6.45) is 8.35. The van der Waals surface area contributed by atoms with E-state index in [4.69, 9.17) is 4.74 Å². The number of rotatable bonds is 5. The molecule has 2 N–H and O–H groups in total. The van der Waals surface area contributed by atoms with Crippen molar-refractivity contribution in [2.24, 2.45) is 0 Å². The number of carbonyl (C=O) groups excluding carboxylic acids is 1. The van der Waals surface area contributed by atoms with Crippen molar-refractivity contribution in [3.05, 3.63) is 83.8 Å². The Kier molecular flexibility index (Phi) is 6.42. The van der Waals surface area contributed by atoms with E-state index in [9.17, 15) is 4.79 Å². The molecule has 0 radical (unpaired) electrons. The lowest BCUT2D eigenvalue weighted by molar-refractivity contribution is 0.0930. The van der Waals surface area contributed by atoms with E-state index < -0.39 is 5.54 Å². The Morgan fingerprint density at radius 3 is 2.37 bits per heavy atom. The molecule has 7 nitrogen and oxygen atoms in total. The van der Waals surface area contributed by atoms with Crippen LogP contribution in [0.3, 0.4) is 0 Å². The van der Waals surface area contributed by atoms with Gasteiger partial charge in [-0.05, 0) is 86.8 Å². The van der Waals surface area contributed by atoms with Crippen LogP contribution in [-0.2, 0) is 5.54 Å². The second-order valence-corrected chi connectivity index (χ2v) is 8.99. The van der Waals surface area contributed by atoms with E-state index in [2.05, 4.69) is 37.7 Å². The Morgan fingerprint density at radius 2 is 1.71 bits per heavy atom. The molecule has 0 unspecified atom stereocenters. The standard InChI is InChI=1S/C25H22N4O2.C3H7N/c1-16-6-7-18(31-2)15-20(16)24(30)29-25(8-9-25)21-13-17(23-27-11-4-12-28-23)14-22-19(21)5-3-10-26-22;1-2-4-3-1/h3-7,10-15H,8-9H2,1-2H3,(H,29,30);4H,1-3H2. The highest BCUT2D eigenvalue weighted by molar-refractivity contribution is 5.98. The van der Waals surface area contributed by atoms with Gasteiger partial charge < -0.3 is 15.4 Å². The fraction of sp³-hybridized carbons (Fsp3) is 0.286. The van der Waals surface area contributed by atoms with Gasteiger partial charge in [-0.3, -0.25) is 9.78 Å². The number of amides is 1. The highest BCUT2D eigenvalue weighted by Crippen LogP contribution is 2.49. The van der Waals surface area contributed by atoms with Crippen molar-refractivity contribution in [3.8, 4) is 17.1 Å². The average Bonchev–Trinajstić information content (AvgIpc) is 3.63. The van der Waals surface area contributed by atoms with Crippen molar-refractivity contribution < 1.29 is 9.53 Å². The van der Waals surface area contributed by atoms with Crippen molar-refractivity contribution in [2.45, 2.75) is 31.7 Å². The molecule has 6 rings (SSSR count). The van der Waals surface area contributed by atoms with Gasteiger partial charge in [-0.15, -0.1) is 0 Å². The van der Waals surface area contributed by atoms with Crippen LogP contribution in [0.25, 0.3) is 22.3 Å². The van der Waals surface area contributed by atoms with Crippen LogP contribution in [0.1, 0.15) is 40.7 Å². The summed E-state index contributed by atoms with van der Waals surface area (Å²) < 4.78 is 5.31. The van der Waals surface area contributed by atoms with E-state index in [1.54, 1.807) is 37.8 Å². The van der Waals surface area contributed by atoms with Gasteiger partial charge in [-0.1, -0.05) is 12.1 Å². The molecule has 178 valence electrons. The molecule has 2 aromatic heterocycles. The number of nitrogens with zero attached hydrogens (tertiary/aromatic N) is 3. The monoisotopic (exact) mass is 467 g/mol. The number of pyridine rings is 1. The number of aryl methyl sites for hydroxylation is 1. The van der Waals surface area contributed by atoms with Gasteiger partial charge in [0.15, 0.2) is 5.82 Å². The van der Waals surface area contributed by atoms with Gasteiger partial charge in [0.2, 0.25) is 0 Å². The lowest BCUT2D eigenvalue weighted by Gasteiger charge is -2.21. The lowest BCUT2D eigenvalue weighted by Crippen LogP contribution is -2.35. The number of ether oxygens (including phenoxy) is 1. The molecule has 0 spiro atoms. The third-order valence-corrected chi connectivity index (χ3v) is 6.56. The molecule has 2 aromatic carbocycles. The smallest absolute Gasteiger partial charge is 0.252 e. The number of hydrogen-bond donors (Lipinski definition) is 2. The molecule has 1 saturated carbocycles. The molecular formula is C28H29N5O2. The Balaban J connectivity index is 0.000000577. The minimum Gasteiger partial charge on any atom is -0.497 e. The number of nitrogens with one attached hydrogen (secondary N) is 2. The molecule has 1 aliphatic carbocycles. The van der Waals surface area contributed by atoms with Crippen molar-refractivity contribution in [3.63, 3.8) is 0 Å². The average molecular weight is 468 g/mol. The minimum atomic E-state index is -0.432. The van der Waals surface area contributed by atoms with Crippen LogP contribution < -0.4 is 15.4 Å². The molecule has 1 aliphatic heterocycles. The van der Waals surface area contributed by atoms with Crippen molar-refractivity contribution in [2.75, 3.05) is 20.2 Å². The molecule has 35 heavy (non-hydrogen) atoms. The molecule has 0 atom stereocenters. The van der Waals surface area contributed by atoms with Gasteiger partial charge >= 0.3 is 0 Å². The molecule has 0 bridgehead atoms. The number of fused-ring (bicyclic) bond motifs is 1. The summed E-state index contributed by atoms with van der Waals surface area (Å²) in [5.74, 6) is 1.20. The summed E-state index contributed by atoms with van der Waals surface area (Å²) in [5, 5.41) is 7.44. The van der Waals surface area contributed by atoms with Gasteiger partial charge in [0.05, 0.1) is 18.2 Å². The van der Waals surface area contributed by atoms with Crippen LogP contribution in [-0.4, -0.2) is 41.1 Å². The van der Waals surface area contributed by atoms with Crippen LogP contribution in [0.15, 0.2) is 67.1 Å². The SMILES string of the molecule is C1CNC1.COc1ccc(C)c(C(=O)NC2(c3cc(-c4ncccn4)cc4ncccc34)CC2)c1. The second-order valence-electron chi connectivity index (χ2n) is 8.99. The maximum Gasteiger partial charge on any atom is 0.252 e. The van der Waals surface area contributed by atoms with Crippen molar-refractivity contribution >= 4 is 16.8 Å². The van der Waals surface area contributed by atoms with E-state index in [0.29, 0.717) is 17.1 Å². The number of hydrogen-bond acceptors (Lipinski definition) is 6. The lowest BCUT2D eigenvalue weighted by atomic mass is 9.95. The predicted octanol–water partition coefficient (Wildman–Crippen LogP) is 4.41. The number of benzene rings is 2. The number of carbonyl (C=O) groups is 1. The van der Waals surface area contributed by atoms with Crippen LogP contribution in [0.2, 0.25) is 0 Å². The topological polar surface area (TPSA) is 89.0 Å². The van der Waals surface area contributed by atoms with Gasteiger partial charge in [0.25, 0.3) is 5.91 Å². The quantitative estimate of drug-likeness (QED) is 0.452. The summed E-state index contributed by atoms with van der Waals surface area (Å²) in [7, 11) is 1.60. The summed E-state index contributed by atoms with van der Waals surface area (Å²) in [6, 6.07) is 15.4. The summed E-state index contributed by atoms with van der Waals surface area (Å²) >= 11 is 0. The van der Waals surface area contributed by atoms with Crippen molar-refractivity contribution in [1.29, 1.82) is 0 Å².